The van der Waals surface area contributed by atoms with E-state index in [1.165, 1.54) is 0 Å². The van der Waals surface area contributed by atoms with Crippen LogP contribution in [0.3, 0.4) is 0 Å². The van der Waals surface area contributed by atoms with E-state index in [0.29, 0.717) is 11.6 Å². The second-order valence-electron chi connectivity index (χ2n) is 4.13. The summed E-state index contributed by atoms with van der Waals surface area (Å²) < 4.78 is 0. The lowest BCUT2D eigenvalue weighted by Crippen LogP contribution is -1.97. The number of nitrogens with two attached hydrogens (primary N) is 1. The van der Waals surface area contributed by atoms with E-state index in [2.05, 4.69) is 15.0 Å². The Hall–Kier alpha value is -2.49. The number of pyridine rings is 1. The maximum absolute atomic E-state index is 5.78. The van der Waals surface area contributed by atoms with Gasteiger partial charge in [-0.15, -0.1) is 0 Å². The zero-order valence-corrected chi connectivity index (χ0v) is 9.96. The van der Waals surface area contributed by atoms with Gasteiger partial charge in [0.25, 0.3) is 0 Å². The molecule has 88 valence electrons. The Kier molecular flexibility index (Phi) is 2.41. The molecule has 2 aromatic heterocycles. The minimum atomic E-state index is 0.489. The average Bonchev–Trinajstić information content (AvgIpc) is 2.37. The van der Waals surface area contributed by atoms with Crippen molar-refractivity contribution >= 4 is 16.6 Å². The number of anilines is 1. The molecule has 0 fully saturated rings. The van der Waals surface area contributed by atoms with Crippen molar-refractivity contribution in [2.75, 3.05) is 5.73 Å². The molecular weight excluding hydrogens is 224 g/mol. The Morgan fingerprint density at radius 2 is 2.00 bits per heavy atom. The minimum Gasteiger partial charge on any atom is -0.384 e. The molecule has 0 amide bonds. The molecule has 0 bridgehead atoms. The largest absolute Gasteiger partial charge is 0.384 e. The van der Waals surface area contributed by atoms with Gasteiger partial charge in [0.05, 0.1) is 5.69 Å². The van der Waals surface area contributed by atoms with Crippen molar-refractivity contribution in [2.24, 2.45) is 0 Å². The normalized spacial score (nSPS) is 10.7. The Labute approximate surface area is 105 Å². The van der Waals surface area contributed by atoms with E-state index in [0.717, 1.165) is 22.0 Å². The van der Waals surface area contributed by atoms with E-state index in [9.17, 15) is 0 Å². The number of hydrogen-bond donors (Lipinski definition) is 1. The molecule has 3 aromatic rings. The molecule has 0 saturated carbocycles. The summed E-state index contributed by atoms with van der Waals surface area (Å²) in [6, 6.07) is 9.83. The van der Waals surface area contributed by atoms with Crippen LogP contribution in [0.5, 0.6) is 0 Å². The summed E-state index contributed by atoms with van der Waals surface area (Å²) in [5, 5.41) is 2.20. The fourth-order valence-electron chi connectivity index (χ4n) is 2.07. The molecule has 2 N–H and O–H groups in total. The molecule has 4 nitrogen and oxygen atoms in total. The van der Waals surface area contributed by atoms with Gasteiger partial charge in [-0.3, -0.25) is 4.98 Å². The minimum absolute atomic E-state index is 0.489. The molecule has 2 heterocycles. The third-order valence-electron chi connectivity index (χ3n) is 2.81. The van der Waals surface area contributed by atoms with Crippen molar-refractivity contribution in [1.82, 2.24) is 15.0 Å². The third-order valence-corrected chi connectivity index (χ3v) is 2.81. The van der Waals surface area contributed by atoms with Gasteiger partial charge in [0.2, 0.25) is 0 Å². The molecule has 0 atom stereocenters. The molecule has 0 unspecified atom stereocenters. The predicted molar refractivity (Wildman–Crippen MR) is 71.9 cm³/mol. The van der Waals surface area contributed by atoms with Crippen LogP contribution in [0.25, 0.3) is 22.0 Å². The summed E-state index contributed by atoms with van der Waals surface area (Å²) in [7, 11) is 0. The Balaban J connectivity index is 2.31. The molecule has 0 spiro atoms. The number of hydrogen-bond acceptors (Lipinski definition) is 4. The van der Waals surface area contributed by atoms with Crippen molar-refractivity contribution in [2.45, 2.75) is 6.92 Å². The maximum Gasteiger partial charge on any atom is 0.128 e. The fourth-order valence-corrected chi connectivity index (χ4v) is 2.07. The number of benzene rings is 1. The molecular formula is C14H12N4. The summed E-state index contributed by atoms with van der Waals surface area (Å²) in [4.78, 5) is 12.7. The summed E-state index contributed by atoms with van der Waals surface area (Å²) in [6.45, 7) is 1.84. The Morgan fingerprint density at radius 1 is 1.11 bits per heavy atom. The molecule has 1 aromatic carbocycles. The van der Waals surface area contributed by atoms with Gasteiger partial charge in [-0.1, -0.05) is 18.2 Å². The molecule has 3 rings (SSSR count). The fraction of sp³-hybridized carbons (Fsp3) is 0.0714. The van der Waals surface area contributed by atoms with Gasteiger partial charge in [0.15, 0.2) is 0 Å². The quantitative estimate of drug-likeness (QED) is 0.705. The standard InChI is InChI=1S/C14H12N4/c1-9-17-13(7-14(15)18-9)12-4-2-3-10-8-16-6-5-11(10)12/h2-8H,1H3,(H2,15,17,18). The highest BCUT2D eigenvalue weighted by molar-refractivity contribution is 5.95. The van der Waals surface area contributed by atoms with E-state index in [1.54, 1.807) is 12.3 Å². The third kappa shape index (κ3) is 1.78. The highest BCUT2D eigenvalue weighted by Gasteiger charge is 2.06. The number of rotatable bonds is 1. The summed E-state index contributed by atoms with van der Waals surface area (Å²) in [5.41, 5.74) is 7.67. The summed E-state index contributed by atoms with van der Waals surface area (Å²) >= 11 is 0. The Bertz CT molecular complexity index is 696. The van der Waals surface area contributed by atoms with Crippen molar-refractivity contribution in [1.29, 1.82) is 0 Å². The molecule has 0 saturated heterocycles. The van der Waals surface area contributed by atoms with Crippen LogP contribution in [-0.4, -0.2) is 15.0 Å². The van der Waals surface area contributed by atoms with Gasteiger partial charge >= 0.3 is 0 Å². The van der Waals surface area contributed by atoms with Crippen molar-refractivity contribution in [3.63, 3.8) is 0 Å². The molecule has 4 heteroatoms. The van der Waals surface area contributed by atoms with Gasteiger partial charge in [-0.25, -0.2) is 9.97 Å². The van der Waals surface area contributed by atoms with Gasteiger partial charge in [-0.05, 0) is 18.4 Å². The van der Waals surface area contributed by atoms with Crippen LogP contribution < -0.4 is 5.73 Å². The zero-order chi connectivity index (χ0) is 12.5. The average molecular weight is 236 g/mol. The Morgan fingerprint density at radius 3 is 2.83 bits per heavy atom. The van der Waals surface area contributed by atoms with Crippen LogP contribution >= 0.6 is 0 Å². The highest BCUT2D eigenvalue weighted by atomic mass is 14.9. The monoisotopic (exact) mass is 236 g/mol. The molecule has 0 aliphatic carbocycles. The number of nitrogen functional groups attached to an aromatic ring is 1. The van der Waals surface area contributed by atoms with Crippen molar-refractivity contribution in [3.05, 3.63) is 48.5 Å². The molecule has 0 aliphatic heterocycles. The van der Waals surface area contributed by atoms with Crippen molar-refractivity contribution < 1.29 is 0 Å². The first-order valence-corrected chi connectivity index (χ1v) is 5.68. The molecule has 0 radical (unpaired) electrons. The lowest BCUT2D eigenvalue weighted by Gasteiger charge is -2.07. The van der Waals surface area contributed by atoms with Gasteiger partial charge < -0.3 is 5.73 Å². The van der Waals surface area contributed by atoms with E-state index in [1.807, 2.05) is 37.4 Å². The van der Waals surface area contributed by atoms with Crippen LogP contribution in [0, 0.1) is 6.92 Å². The van der Waals surface area contributed by atoms with Crippen LogP contribution in [0.4, 0.5) is 5.82 Å². The van der Waals surface area contributed by atoms with E-state index in [-0.39, 0.29) is 0 Å². The van der Waals surface area contributed by atoms with Gasteiger partial charge in [0, 0.05) is 29.4 Å². The lowest BCUT2D eigenvalue weighted by molar-refractivity contribution is 1.07. The number of aryl methyl sites for hydroxylation is 1. The maximum atomic E-state index is 5.78. The second kappa shape index (κ2) is 4.07. The van der Waals surface area contributed by atoms with Crippen LogP contribution in [0.2, 0.25) is 0 Å². The van der Waals surface area contributed by atoms with E-state index < -0.39 is 0 Å². The first kappa shape index (κ1) is 10.7. The second-order valence-corrected chi connectivity index (χ2v) is 4.13. The number of aromatic nitrogens is 3. The smallest absolute Gasteiger partial charge is 0.128 e. The predicted octanol–water partition coefficient (Wildman–Crippen LogP) is 2.58. The molecule has 0 aliphatic rings. The van der Waals surface area contributed by atoms with E-state index >= 15 is 0 Å². The highest BCUT2D eigenvalue weighted by Crippen LogP contribution is 2.27. The topological polar surface area (TPSA) is 64.7 Å². The SMILES string of the molecule is Cc1nc(N)cc(-c2cccc3cnccc23)n1. The van der Waals surface area contributed by atoms with Gasteiger partial charge in [-0.2, -0.15) is 0 Å². The first-order chi connectivity index (χ1) is 8.74. The van der Waals surface area contributed by atoms with Crippen molar-refractivity contribution in [3.8, 4) is 11.3 Å². The van der Waals surface area contributed by atoms with Crippen LogP contribution in [0.1, 0.15) is 5.82 Å². The summed E-state index contributed by atoms with van der Waals surface area (Å²) in [5.74, 6) is 1.17. The summed E-state index contributed by atoms with van der Waals surface area (Å²) in [6.07, 6.45) is 3.62. The van der Waals surface area contributed by atoms with E-state index in [4.69, 9.17) is 5.73 Å². The zero-order valence-electron chi connectivity index (χ0n) is 9.96. The number of fused-ring (bicyclic) bond motifs is 1. The number of nitrogens with zero attached hydrogens (tertiary/aromatic N) is 3. The lowest BCUT2D eigenvalue weighted by atomic mass is 10.0. The first-order valence-electron chi connectivity index (χ1n) is 5.68. The van der Waals surface area contributed by atoms with Crippen LogP contribution in [0.15, 0.2) is 42.7 Å². The molecule has 18 heavy (non-hydrogen) atoms. The van der Waals surface area contributed by atoms with Crippen LogP contribution in [-0.2, 0) is 0 Å². The van der Waals surface area contributed by atoms with Gasteiger partial charge in [0.1, 0.15) is 11.6 Å².